The number of benzene rings is 1. The van der Waals surface area contributed by atoms with Crippen molar-refractivity contribution in [2.24, 2.45) is 0 Å². The lowest BCUT2D eigenvalue weighted by Crippen LogP contribution is -2.41. The number of amides is 2. The lowest BCUT2D eigenvalue weighted by molar-refractivity contribution is 0.0845. The Kier molecular flexibility index (Phi) is 4.62. The Hall–Kier alpha value is -3.06. The van der Waals surface area contributed by atoms with E-state index in [1.165, 1.54) is 18.4 Å². The number of hydrazine groups is 1. The van der Waals surface area contributed by atoms with Crippen LogP contribution in [-0.4, -0.2) is 23.9 Å². The molecule has 0 fully saturated rings. The predicted molar refractivity (Wildman–Crippen MR) is 92.0 cm³/mol. The first-order valence-corrected chi connectivity index (χ1v) is 7.98. The van der Waals surface area contributed by atoms with Gasteiger partial charge in [-0.05, 0) is 23.8 Å². The smallest absolute Gasteiger partial charge is 0.286 e. The molecule has 1 aromatic carbocycles. The van der Waals surface area contributed by atoms with Gasteiger partial charge < -0.3 is 9.72 Å². The highest BCUT2D eigenvalue weighted by Gasteiger charge is 2.18. The van der Waals surface area contributed by atoms with E-state index in [4.69, 9.17) is 4.74 Å². The number of hydrogen-bond acceptors (Lipinski definition) is 4. The molecule has 0 radical (unpaired) electrons. The minimum absolute atomic E-state index is 0.360. The maximum absolute atomic E-state index is 12.3. The lowest BCUT2D eigenvalue weighted by Gasteiger charge is -2.06. The van der Waals surface area contributed by atoms with Gasteiger partial charge >= 0.3 is 0 Å². The van der Waals surface area contributed by atoms with Crippen molar-refractivity contribution in [1.29, 1.82) is 0 Å². The van der Waals surface area contributed by atoms with Crippen LogP contribution < -0.4 is 15.6 Å². The Labute approximate surface area is 142 Å². The number of nitrogens with one attached hydrogen (secondary N) is 3. The van der Waals surface area contributed by atoms with Crippen molar-refractivity contribution in [3.63, 3.8) is 0 Å². The highest BCUT2D eigenvalue weighted by Crippen LogP contribution is 2.35. The predicted octanol–water partition coefficient (Wildman–Crippen LogP) is 2.83. The molecule has 6 nitrogen and oxygen atoms in total. The number of rotatable bonds is 4. The van der Waals surface area contributed by atoms with Crippen molar-refractivity contribution in [2.75, 3.05) is 7.11 Å². The third-order valence-electron chi connectivity index (χ3n) is 3.31. The van der Waals surface area contributed by atoms with Crippen LogP contribution in [-0.2, 0) is 0 Å². The van der Waals surface area contributed by atoms with Crippen molar-refractivity contribution in [1.82, 2.24) is 15.8 Å². The van der Waals surface area contributed by atoms with E-state index in [9.17, 15) is 9.59 Å². The zero-order chi connectivity index (χ0) is 16.9. The van der Waals surface area contributed by atoms with Gasteiger partial charge in [-0.2, -0.15) is 0 Å². The van der Waals surface area contributed by atoms with E-state index in [-0.39, 0.29) is 0 Å². The summed E-state index contributed by atoms with van der Waals surface area (Å²) in [5.41, 5.74) is 6.12. The summed E-state index contributed by atoms with van der Waals surface area (Å²) < 4.78 is 5.28. The first kappa shape index (κ1) is 15.8. The summed E-state index contributed by atoms with van der Waals surface area (Å²) in [6.45, 7) is 0. The Morgan fingerprint density at radius 1 is 1.04 bits per heavy atom. The second-order valence-corrected chi connectivity index (χ2v) is 5.92. The van der Waals surface area contributed by atoms with Gasteiger partial charge in [0.1, 0.15) is 16.3 Å². The highest BCUT2D eigenvalue weighted by molar-refractivity contribution is 7.17. The van der Waals surface area contributed by atoms with Gasteiger partial charge in [0.2, 0.25) is 0 Å². The molecule has 2 amide bonds. The van der Waals surface area contributed by atoms with Crippen molar-refractivity contribution in [3.8, 4) is 16.2 Å². The Morgan fingerprint density at radius 2 is 1.79 bits per heavy atom. The van der Waals surface area contributed by atoms with Gasteiger partial charge in [0, 0.05) is 11.1 Å². The number of carbonyl (C=O) groups is 2. The molecule has 0 saturated heterocycles. The van der Waals surface area contributed by atoms with Gasteiger partial charge in [0.25, 0.3) is 11.8 Å². The summed E-state index contributed by atoms with van der Waals surface area (Å²) in [5, 5.41) is 0. The fraction of sp³-hybridized carbons (Fsp3) is 0.0588. The topological polar surface area (TPSA) is 83.2 Å². The maximum Gasteiger partial charge on any atom is 0.286 e. The molecule has 0 atom stereocenters. The first-order chi connectivity index (χ1) is 11.7. The van der Waals surface area contributed by atoms with Crippen molar-refractivity contribution < 1.29 is 14.3 Å². The third-order valence-corrected chi connectivity index (χ3v) is 4.48. The van der Waals surface area contributed by atoms with E-state index >= 15 is 0 Å². The third kappa shape index (κ3) is 3.31. The quantitative estimate of drug-likeness (QED) is 0.638. The molecule has 7 heteroatoms. The monoisotopic (exact) mass is 341 g/mol. The van der Waals surface area contributed by atoms with Gasteiger partial charge in [-0.15, -0.1) is 11.3 Å². The van der Waals surface area contributed by atoms with Crippen LogP contribution in [0.2, 0.25) is 0 Å². The molecular weight excluding hydrogens is 326 g/mol. The van der Waals surface area contributed by atoms with Gasteiger partial charge in [-0.3, -0.25) is 20.4 Å². The lowest BCUT2D eigenvalue weighted by atomic mass is 10.2. The zero-order valence-electron chi connectivity index (χ0n) is 12.8. The summed E-state index contributed by atoms with van der Waals surface area (Å²) in [7, 11) is 1.51. The second-order valence-electron chi connectivity index (χ2n) is 4.87. The van der Waals surface area contributed by atoms with Crippen LogP contribution in [0.25, 0.3) is 10.4 Å². The van der Waals surface area contributed by atoms with Crippen molar-refractivity contribution in [3.05, 3.63) is 65.3 Å². The van der Waals surface area contributed by atoms with E-state index < -0.39 is 11.8 Å². The fourth-order valence-corrected chi connectivity index (χ4v) is 3.16. The van der Waals surface area contributed by atoms with E-state index in [1.54, 1.807) is 18.3 Å². The van der Waals surface area contributed by atoms with Crippen LogP contribution >= 0.6 is 11.3 Å². The molecule has 0 unspecified atom stereocenters. The molecule has 3 aromatic rings. The van der Waals surface area contributed by atoms with Crippen LogP contribution in [0.15, 0.2) is 54.7 Å². The number of H-pyrrole nitrogens is 1. The molecule has 0 spiro atoms. The summed E-state index contributed by atoms with van der Waals surface area (Å²) in [4.78, 5) is 28.2. The first-order valence-electron chi connectivity index (χ1n) is 7.16. The number of aromatic amines is 1. The van der Waals surface area contributed by atoms with E-state index in [2.05, 4.69) is 15.8 Å². The number of methoxy groups -OCH3 is 1. The molecule has 3 N–H and O–H groups in total. The van der Waals surface area contributed by atoms with Crippen LogP contribution in [0.4, 0.5) is 0 Å². The van der Waals surface area contributed by atoms with Crippen LogP contribution in [0, 0.1) is 0 Å². The van der Waals surface area contributed by atoms with Gasteiger partial charge in [-0.25, -0.2) is 0 Å². The molecular formula is C17H15N3O3S. The van der Waals surface area contributed by atoms with Gasteiger partial charge in [0.05, 0.1) is 7.11 Å². The number of ether oxygens (including phenoxy) is 1. The minimum Gasteiger partial charge on any atom is -0.495 e. The molecule has 0 aliphatic carbocycles. The van der Waals surface area contributed by atoms with E-state index in [1.807, 2.05) is 36.4 Å². The molecule has 3 rings (SSSR count). The highest BCUT2D eigenvalue weighted by atomic mass is 32.1. The Bertz CT molecular complexity index is 841. The summed E-state index contributed by atoms with van der Waals surface area (Å²) >= 11 is 1.30. The summed E-state index contributed by atoms with van der Waals surface area (Å²) in [6.07, 6.45) is 1.63. The van der Waals surface area contributed by atoms with Crippen molar-refractivity contribution >= 4 is 23.2 Å². The SMILES string of the molecule is COc1cc(-c2ccccc2)sc1C(=O)NNC(=O)c1ccc[nH]1. The summed E-state index contributed by atoms with van der Waals surface area (Å²) in [5.74, 6) is -0.392. The molecule has 0 saturated carbocycles. The second kappa shape index (κ2) is 7.01. The molecule has 24 heavy (non-hydrogen) atoms. The zero-order valence-corrected chi connectivity index (χ0v) is 13.6. The van der Waals surface area contributed by atoms with Gasteiger partial charge in [0.15, 0.2) is 0 Å². The number of aromatic nitrogens is 1. The molecule has 2 aromatic heterocycles. The summed E-state index contributed by atoms with van der Waals surface area (Å²) in [6, 6.07) is 14.8. The Balaban J connectivity index is 1.75. The van der Waals surface area contributed by atoms with Crippen LogP contribution in [0.5, 0.6) is 5.75 Å². The minimum atomic E-state index is -0.432. The van der Waals surface area contributed by atoms with E-state index in [0.29, 0.717) is 16.3 Å². The van der Waals surface area contributed by atoms with E-state index in [0.717, 1.165) is 10.4 Å². The average molecular weight is 341 g/mol. The molecule has 122 valence electrons. The van der Waals surface area contributed by atoms with Crippen LogP contribution in [0.1, 0.15) is 20.2 Å². The van der Waals surface area contributed by atoms with Crippen molar-refractivity contribution in [2.45, 2.75) is 0 Å². The fourth-order valence-electron chi connectivity index (χ4n) is 2.14. The largest absolute Gasteiger partial charge is 0.495 e. The molecule has 0 aliphatic rings. The normalized spacial score (nSPS) is 10.2. The number of carbonyl (C=O) groups excluding carboxylic acids is 2. The molecule has 2 heterocycles. The van der Waals surface area contributed by atoms with Crippen LogP contribution in [0.3, 0.4) is 0 Å². The molecule has 0 bridgehead atoms. The number of hydrogen-bond donors (Lipinski definition) is 3. The number of thiophene rings is 1. The maximum atomic E-state index is 12.3. The average Bonchev–Trinajstić information content (AvgIpc) is 3.29. The van der Waals surface area contributed by atoms with Gasteiger partial charge in [-0.1, -0.05) is 30.3 Å². The molecule has 0 aliphatic heterocycles. The standard InChI is InChI=1S/C17H15N3O3S/c1-23-13-10-14(11-6-3-2-4-7-11)24-15(13)17(22)20-19-16(21)12-8-5-9-18-12/h2-10,18H,1H3,(H,19,21)(H,20,22). The Morgan fingerprint density at radius 3 is 2.46 bits per heavy atom.